The third-order valence-electron chi connectivity index (χ3n) is 3.46. The SMILES string of the molecule is O=C(Cc1cnn(-c2ccccc2)c1)NCc1ccccc1Cl. The number of nitrogens with one attached hydrogen (secondary N) is 1. The van der Waals surface area contributed by atoms with Gasteiger partial charge < -0.3 is 5.32 Å². The van der Waals surface area contributed by atoms with Gasteiger partial charge in [-0.25, -0.2) is 4.68 Å². The highest BCUT2D eigenvalue weighted by atomic mass is 35.5. The highest BCUT2D eigenvalue weighted by molar-refractivity contribution is 6.31. The van der Waals surface area contributed by atoms with Gasteiger partial charge in [0.25, 0.3) is 0 Å². The zero-order chi connectivity index (χ0) is 16.1. The average Bonchev–Trinajstić information content (AvgIpc) is 3.03. The molecule has 0 aliphatic carbocycles. The second kappa shape index (κ2) is 7.11. The third kappa shape index (κ3) is 3.99. The van der Waals surface area contributed by atoms with Crippen LogP contribution in [-0.2, 0) is 17.8 Å². The summed E-state index contributed by atoms with van der Waals surface area (Å²) in [7, 11) is 0. The Kier molecular flexibility index (Phi) is 4.74. The van der Waals surface area contributed by atoms with Crippen LogP contribution in [0.3, 0.4) is 0 Å². The zero-order valence-corrected chi connectivity index (χ0v) is 13.2. The summed E-state index contributed by atoms with van der Waals surface area (Å²) in [5.74, 6) is -0.0578. The molecule has 0 fully saturated rings. The van der Waals surface area contributed by atoms with E-state index in [0.29, 0.717) is 11.6 Å². The van der Waals surface area contributed by atoms with Gasteiger partial charge in [-0.3, -0.25) is 4.79 Å². The van der Waals surface area contributed by atoms with Gasteiger partial charge in [0.2, 0.25) is 5.91 Å². The standard InChI is InChI=1S/C18H16ClN3O/c19-17-9-5-4-6-15(17)12-20-18(23)10-14-11-21-22(13-14)16-7-2-1-3-8-16/h1-9,11,13H,10,12H2,(H,20,23). The minimum absolute atomic E-state index is 0.0578. The maximum Gasteiger partial charge on any atom is 0.224 e. The number of amides is 1. The Morgan fingerprint density at radius 2 is 1.83 bits per heavy atom. The highest BCUT2D eigenvalue weighted by Crippen LogP contribution is 2.14. The lowest BCUT2D eigenvalue weighted by atomic mass is 10.2. The molecular formula is C18H16ClN3O. The molecule has 0 aliphatic rings. The van der Waals surface area contributed by atoms with Crippen LogP contribution in [0.4, 0.5) is 0 Å². The van der Waals surface area contributed by atoms with E-state index in [4.69, 9.17) is 11.6 Å². The molecule has 0 atom stereocenters. The van der Waals surface area contributed by atoms with Gasteiger partial charge in [-0.1, -0.05) is 48.0 Å². The molecule has 0 spiro atoms. The first-order valence-electron chi connectivity index (χ1n) is 7.31. The maximum absolute atomic E-state index is 12.1. The Labute approximate surface area is 139 Å². The lowest BCUT2D eigenvalue weighted by Crippen LogP contribution is -2.24. The van der Waals surface area contributed by atoms with Crippen molar-refractivity contribution in [1.82, 2.24) is 15.1 Å². The van der Waals surface area contributed by atoms with Gasteiger partial charge in [0, 0.05) is 17.8 Å². The summed E-state index contributed by atoms with van der Waals surface area (Å²) in [6, 6.07) is 17.3. The number of hydrogen-bond donors (Lipinski definition) is 1. The van der Waals surface area contributed by atoms with Gasteiger partial charge in [0.15, 0.2) is 0 Å². The normalized spacial score (nSPS) is 10.5. The van der Waals surface area contributed by atoms with Crippen molar-refractivity contribution in [2.24, 2.45) is 0 Å². The Morgan fingerprint density at radius 3 is 2.61 bits per heavy atom. The Morgan fingerprint density at radius 1 is 1.09 bits per heavy atom. The summed E-state index contributed by atoms with van der Waals surface area (Å²) in [5, 5.41) is 7.82. The molecule has 3 aromatic rings. The Bertz CT molecular complexity index is 799. The van der Waals surface area contributed by atoms with E-state index in [1.807, 2.05) is 60.8 Å². The molecule has 23 heavy (non-hydrogen) atoms. The van der Waals surface area contributed by atoms with Crippen molar-refractivity contribution in [3.05, 3.63) is 83.1 Å². The topological polar surface area (TPSA) is 46.9 Å². The van der Waals surface area contributed by atoms with Crippen molar-refractivity contribution in [1.29, 1.82) is 0 Å². The lowest BCUT2D eigenvalue weighted by Gasteiger charge is -2.06. The smallest absolute Gasteiger partial charge is 0.224 e. The van der Waals surface area contributed by atoms with Crippen LogP contribution in [0.25, 0.3) is 5.69 Å². The van der Waals surface area contributed by atoms with E-state index in [0.717, 1.165) is 16.8 Å². The maximum atomic E-state index is 12.1. The number of benzene rings is 2. The molecule has 3 rings (SSSR count). The summed E-state index contributed by atoms with van der Waals surface area (Å²) in [6.45, 7) is 0.422. The van der Waals surface area contributed by atoms with Crippen LogP contribution in [0.15, 0.2) is 67.0 Å². The molecule has 0 unspecified atom stereocenters. The number of para-hydroxylation sites is 1. The molecule has 1 aromatic heterocycles. The van der Waals surface area contributed by atoms with Gasteiger partial charge in [-0.2, -0.15) is 5.10 Å². The van der Waals surface area contributed by atoms with E-state index in [2.05, 4.69) is 10.4 Å². The van der Waals surface area contributed by atoms with E-state index in [-0.39, 0.29) is 12.3 Å². The minimum atomic E-state index is -0.0578. The van der Waals surface area contributed by atoms with Gasteiger partial charge in [-0.15, -0.1) is 0 Å². The summed E-state index contributed by atoms with van der Waals surface area (Å²) >= 11 is 6.07. The molecule has 1 amide bonds. The molecule has 0 saturated heterocycles. The Hall–Kier alpha value is -2.59. The molecule has 4 nitrogen and oxygen atoms in total. The fourth-order valence-corrected chi connectivity index (χ4v) is 2.46. The third-order valence-corrected chi connectivity index (χ3v) is 3.82. The number of carbonyl (C=O) groups is 1. The van der Waals surface area contributed by atoms with E-state index in [9.17, 15) is 4.79 Å². The van der Waals surface area contributed by atoms with E-state index in [1.54, 1.807) is 10.9 Å². The highest BCUT2D eigenvalue weighted by Gasteiger charge is 2.07. The summed E-state index contributed by atoms with van der Waals surface area (Å²) in [5.41, 5.74) is 2.74. The first-order valence-corrected chi connectivity index (χ1v) is 7.69. The molecule has 1 heterocycles. The molecule has 5 heteroatoms. The number of halogens is 1. The molecule has 1 N–H and O–H groups in total. The molecular weight excluding hydrogens is 310 g/mol. The van der Waals surface area contributed by atoms with Crippen molar-refractivity contribution in [3.8, 4) is 5.69 Å². The molecule has 0 aliphatic heterocycles. The van der Waals surface area contributed by atoms with Crippen molar-refractivity contribution >= 4 is 17.5 Å². The predicted molar refractivity (Wildman–Crippen MR) is 90.6 cm³/mol. The predicted octanol–water partition coefficient (Wildman–Crippen LogP) is 3.38. The minimum Gasteiger partial charge on any atom is -0.352 e. The van der Waals surface area contributed by atoms with Crippen LogP contribution in [0.1, 0.15) is 11.1 Å². The molecule has 0 bridgehead atoms. The molecule has 2 aromatic carbocycles. The fraction of sp³-hybridized carbons (Fsp3) is 0.111. The van der Waals surface area contributed by atoms with Crippen LogP contribution >= 0.6 is 11.6 Å². The van der Waals surface area contributed by atoms with Crippen molar-refractivity contribution in [2.75, 3.05) is 0 Å². The molecule has 0 radical (unpaired) electrons. The van der Waals surface area contributed by atoms with E-state index >= 15 is 0 Å². The van der Waals surface area contributed by atoms with Crippen molar-refractivity contribution in [2.45, 2.75) is 13.0 Å². The molecule has 0 saturated carbocycles. The average molecular weight is 326 g/mol. The lowest BCUT2D eigenvalue weighted by molar-refractivity contribution is -0.120. The van der Waals surface area contributed by atoms with Crippen molar-refractivity contribution in [3.63, 3.8) is 0 Å². The van der Waals surface area contributed by atoms with Crippen LogP contribution in [-0.4, -0.2) is 15.7 Å². The van der Waals surface area contributed by atoms with Gasteiger partial charge >= 0.3 is 0 Å². The van der Waals surface area contributed by atoms with Crippen molar-refractivity contribution < 1.29 is 4.79 Å². The van der Waals surface area contributed by atoms with Crippen LogP contribution < -0.4 is 5.32 Å². The number of nitrogens with zero attached hydrogens (tertiary/aromatic N) is 2. The first-order chi connectivity index (χ1) is 11.2. The van der Waals surface area contributed by atoms with Crippen LogP contribution in [0.5, 0.6) is 0 Å². The summed E-state index contributed by atoms with van der Waals surface area (Å²) < 4.78 is 1.76. The first kappa shape index (κ1) is 15.3. The Balaban J connectivity index is 1.58. The largest absolute Gasteiger partial charge is 0.352 e. The monoisotopic (exact) mass is 325 g/mol. The zero-order valence-electron chi connectivity index (χ0n) is 12.4. The van der Waals surface area contributed by atoms with E-state index < -0.39 is 0 Å². The van der Waals surface area contributed by atoms with Gasteiger partial charge in [0.1, 0.15) is 0 Å². The fourth-order valence-electron chi connectivity index (χ4n) is 2.26. The van der Waals surface area contributed by atoms with Crippen LogP contribution in [0.2, 0.25) is 5.02 Å². The molecule has 116 valence electrons. The van der Waals surface area contributed by atoms with Gasteiger partial charge in [0.05, 0.1) is 18.3 Å². The van der Waals surface area contributed by atoms with E-state index in [1.165, 1.54) is 0 Å². The number of carbonyl (C=O) groups excluding carboxylic acids is 1. The number of rotatable bonds is 5. The summed E-state index contributed by atoms with van der Waals surface area (Å²) in [4.78, 5) is 12.1. The number of hydrogen-bond acceptors (Lipinski definition) is 2. The number of aromatic nitrogens is 2. The second-order valence-corrected chi connectivity index (χ2v) is 5.58. The quantitative estimate of drug-likeness (QED) is 0.781. The second-order valence-electron chi connectivity index (χ2n) is 5.17. The van der Waals surface area contributed by atoms with Gasteiger partial charge in [-0.05, 0) is 29.3 Å². The summed E-state index contributed by atoms with van der Waals surface area (Å²) in [6.07, 6.45) is 3.86. The van der Waals surface area contributed by atoms with Crippen LogP contribution in [0, 0.1) is 0 Å².